The molecule has 3 aromatic rings. The number of carbonyl (C=O) groups excluding carboxylic acids is 1. The number of hydrogen-bond acceptors (Lipinski definition) is 6. The summed E-state index contributed by atoms with van der Waals surface area (Å²) in [4.78, 5) is 12.6. The molecule has 0 radical (unpaired) electrons. The minimum absolute atomic E-state index is 0.0375. The average Bonchev–Trinajstić information content (AvgIpc) is 3.26. The molecule has 1 aliphatic rings. The highest BCUT2D eigenvalue weighted by atomic mass is 35.5. The average molecular weight is 472 g/mol. The van der Waals surface area contributed by atoms with Gasteiger partial charge in [0.15, 0.2) is 11.5 Å². The van der Waals surface area contributed by atoms with Crippen LogP contribution in [0.5, 0.6) is 17.2 Å². The van der Waals surface area contributed by atoms with Crippen LogP contribution in [-0.4, -0.2) is 27.7 Å². The van der Waals surface area contributed by atoms with Gasteiger partial charge in [-0.1, -0.05) is 23.7 Å². The third-order valence-corrected chi connectivity index (χ3v) is 6.66. The summed E-state index contributed by atoms with van der Waals surface area (Å²) >= 11 is 5.92. The number of esters is 1. The van der Waals surface area contributed by atoms with Gasteiger partial charge in [-0.25, -0.2) is 13.2 Å². The van der Waals surface area contributed by atoms with Gasteiger partial charge in [-0.2, -0.15) is 0 Å². The molecule has 0 spiro atoms. The fourth-order valence-corrected chi connectivity index (χ4v) is 4.69. The molecule has 0 saturated heterocycles. The zero-order chi connectivity index (χ0) is 22.7. The lowest BCUT2D eigenvalue weighted by atomic mass is 10.2. The van der Waals surface area contributed by atoms with Crippen LogP contribution in [0, 0.1) is 0 Å². The second kappa shape index (κ2) is 8.94. The first-order chi connectivity index (χ1) is 15.4. The van der Waals surface area contributed by atoms with Gasteiger partial charge in [0.2, 0.25) is 6.79 Å². The summed E-state index contributed by atoms with van der Waals surface area (Å²) in [6, 6.07) is 16.8. The van der Waals surface area contributed by atoms with Crippen molar-refractivity contribution in [3.8, 4) is 17.2 Å². The second-order valence-corrected chi connectivity index (χ2v) is 9.03. The fraction of sp³-hybridized carbons (Fsp3) is 0.0870. The number of sulfonamides is 1. The van der Waals surface area contributed by atoms with E-state index in [0.29, 0.717) is 22.2 Å². The van der Waals surface area contributed by atoms with Crippen molar-refractivity contribution in [2.45, 2.75) is 4.90 Å². The zero-order valence-electron chi connectivity index (χ0n) is 16.7. The van der Waals surface area contributed by atoms with Gasteiger partial charge in [0.05, 0.1) is 22.7 Å². The molecule has 0 fully saturated rings. The highest BCUT2D eigenvalue weighted by Crippen LogP contribution is 2.35. The Morgan fingerprint density at radius 3 is 2.56 bits per heavy atom. The maximum Gasteiger partial charge on any atom is 0.343 e. The number of ether oxygens (including phenoxy) is 3. The number of halogens is 1. The van der Waals surface area contributed by atoms with Crippen molar-refractivity contribution in [2.24, 2.45) is 0 Å². The van der Waals surface area contributed by atoms with Crippen LogP contribution in [0.1, 0.15) is 10.4 Å². The summed E-state index contributed by atoms with van der Waals surface area (Å²) in [7, 11) is -3.99. The molecule has 0 atom stereocenters. The van der Waals surface area contributed by atoms with Crippen LogP contribution in [0.3, 0.4) is 0 Å². The molecular formula is C23H18ClNO6S. The van der Waals surface area contributed by atoms with E-state index in [9.17, 15) is 13.2 Å². The second-order valence-electron chi connectivity index (χ2n) is 6.73. The summed E-state index contributed by atoms with van der Waals surface area (Å²) in [6.45, 7) is 3.78. The van der Waals surface area contributed by atoms with E-state index >= 15 is 0 Å². The number of nitrogens with zero attached hydrogens (tertiary/aromatic N) is 1. The van der Waals surface area contributed by atoms with E-state index < -0.39 is 16.0 Å². The number of hydrogen-bond donors (Lipinski definition) is 0. The SMILES string of the molecule is C=CCN(c1ccc(Cl)cc1)S(=O)(=O)c1cccc(C(=O)Oc2ccc3c(c2)OCO3)c1. The quantitative estimate of drug-likeness (QED) is 0.283. The van der Waals surface area contributed by atoms with Gasteiger partial charge in [0, 0.05) is 11.1 Å². The summed E-state index contributed by atoms with van der Waals surface area (Å²) < 4.78 is 43.7. The highest BCUT2D eigenvalue weighted by molar-refractivity contribution is 7.92. The molecule has 9 heteroatoms. The minimum atomic E-state index is -3.99. The molecule has 0 aliphatic carbocycles. The van der Waals surface area contributed by atoms with Gasteiger partial charge < -0.3 is 14.2 Å². The smallest absolute Gasteiger partial charge is 0.343 e. The first-order valence-corrected chi connectivity index (χ1v) is 11.3. The molecular weight excluding hydrogens is 454 g/mol. The molecule has 0 N–H and O–H groups in total. The van der Waals surface area contributed by atoms with Gasteiger partial charge in [-0.3, -0.25) is 4.31 Å². The molecule has 1 heterocycles. The number of carbonyl (C=O) groups is 1. The standard InChI is InChI=1S/C23H18ClNO6S/c1-2-12-25(18-8-6-17(24)7-9-18)32(27,28)20-5-3-4-16(13-20)23(26)31-19-10-11-21-22(14-19)30-15-29-21/h2-11,13-14H,1,12,15H2. The minimum Gasteiger partial charge on any atom is -0.454 e. The lowest BCUT2D eigenvalue weighted by Crippen LogP contribution is -2.31. The van der Waals surface area contributed by atoms with Crippen LogP contribution in [0.2, 0.25) is 5.02 Å². The van der Waals surface area contributed by atoms with Gasteiger partial charge in [0.25, 0.3) is 10.0 Å². The van der Waals surface area contributed by atoms with Crippen LogP contribution in [-0.2, 0) is 10.0 Å². The number of benzene rings is 3. The topological polar surface area (TPSA) is 82.1 Å². The monoisotopic (exact) mass is 471 g/mol. The van der Waals surface area contributed by atoms with E-state index in [1.54, 1.807) is 36.4 Å². The van der Waals surface area contributed by atoms with Crippen LogP contribution < -0.4 is 18.5 Å². The molecule has 1 aliphatic heterocycles. The van der Waals surface area contributed by atoms with Crippen molar-refractivity contribution < 1.29 is 27.4 Å². The van der Waals surface area contributed by atoms with E-state index in [1.165, 1.54) is 40.7 Å². The molecule has 3 aromatic carbocycles. The molecule has 164 valence electrons. The molecule has 0 bridgehead atoms. The Morgan fingerprint density at radius 1 is 1.06 bits per heavy atom. The van der Waals surface area contributed by atoms with Crippen molar-refractivity contribution in [1.29, 1.82) is 0 Å². The van der Waals surface area contributed by atoms with Crippen molar-refractivity contribution in [3.05, 3.63) is 90.0 Å². The molecule has 4 rings (SSSR count). The lowest BCUT2D eigenvalue weighted by Gasteiger charge is -2.23. The Labute approximate surface area is 190 Å². The highest BCUT2D eigenvalue weighted by Gasteiger charge is 2.25. The molecule has 0 saturated carbocycles. The van der Waals surface area contributed by atoms with Crippen LogP contribution in [0.25, 0.3) is 0 Å². The number of fused-ring (bicyclic) bond motifs is 1. The number of rotatable bonds is 7. The van der Waals surface area contributed by atoms with Crippen LogP contribution >= 0.6 is 11.6 Å². The predicted octanol–water partition coefficient (Wildman–Crippen LogP) is 4.67. The van der Waals surface area contributed by atoms with Crippen molar-refractivity contribution in [2.75, 3.05) is 17.6 Å². The first kappa shape index (κ1) is 21.7. The van der Waals surface area contributed by atoms with E-state index in [2.05, 4.69) is 6.58 Å². The van der Waals surface area contributed by atoms with E-state index in [4.69, 9.17) is 25.8 Å². The Hall–Kier alpha value is -3.49. The van der Waals surface area contributed by atoms with Gasteiger partial charge in [0.1, 0.15) is 5.75 Å². The van der Waals surface area contributed by atoms with Crippen molar-refractivity contribution >= 4 is 33.3 Å². The maximum absolute atomic E-state index is 13.3. The van der Waals surface area contributed by atoms with E-state index in [-0.39, 0.29) is 29.5 Å². The van der Waals surface area contributed by atoms with Gasteiger partial charge in [-0.05, 0) is 54.6 Å². The van der Waals surface area contributed by atoms with Crippen LogP contribution in [0.4, 0.5) is 5.69 Å². The third kappa shape index (κ3) is 4.42. The largest absolute Gasteiger partial charge is 0.454 e. The molecule has 32 heavy (non-hydrogen) atoms. The summed E-state index contributed by atoms with van der Waals surface area (Å²) in [5, 5.41) is 0.484. The molecule has 0 aromatic heterocycles. The summed E-state index contributed by atoms with van der Waals surface area (Å²) in [5.74, 6) is 0.571. The Balaban J connectivity index is 1.61. The van der Waals surface area contributed by atoms with Crippen LogP contribution in [0.15, 0.2) is 84.3 Å². The van der Waals surface area contributed by atoms with E-state index in [0.717, 1.165) is 0 Å². The third-order valence-electron chi connectivity index (χ3n) is 4.62. The van der Waals surface area contributed by atoms with Crippen molar-refractivity contribution in [3.63, 3.8) is 0 Å². The number of anilines is 1. The molecule has 0 unspecified atom stereocenters. The first-order valence-electron chi connectivity index (χ1n) is 9.49. The summed E-state index contributed by atoms with van der Waals surface area (Å²) in [5.41, 5.74) is 0.501. The fourth-order valence-electron chi connectivity index (χ4n) is 3.08. The lowest BCUT2D eigenvalue weighted by molar-refractivity contribution is 0.0734. The molecule has 7 nitrogen and oxygen atoms in total. The van der Waals surface area contributed by atoms with E-state index in [1.807, 2.05) is 0 Å². The van der Waals surface area contributed by atoms with Crippen molar-refractivity contribution in [1.82, 2.24) is 0 Å². The Kier molecular flexibility index (Phi) is 6.07. The normalized spacial score (nSPS) is 12.3. The van der Waals surface area contributed by atoms with Gasteiger partial charge >= 0.3 is 5.97 Å². The maximum atomic E-state index is 13.3. The molecule has 0 amide bonds. The predicted molar refractivity (Wildman–Crippen MR) is 120 cm³/mol. The zero-order valence-corrected chi connectivity index (χ0v) is 18.3. The Morgan fingerprint density at radius 2 is 1.81 bits per heavy atom. The summed E-state index contributed by atoms with van der Waals surface area (Å²) in [6.07, 6.45) is 1.48. The Bertz CT molecular complexity index is 1270. The van der Waals surface area contributed by atoms with Gasteiger partial charge in [-0.15, -0.1) is 6.58 Å².